The molecule has 0 unspecified atom stereocenters. The predicted molar refractivity (Wildman–Crippen MR) is 82.3 cm³/mol. The molecular weight excluding hydrogens is 397 g/mol. The molecule has 102 valence electrons. The molecule has 0 fully saturated rings. The molecule has 0 atom stereocenters. The Balaban J connectivity index is 2.18. The van der Waals surface area contributed by atoms with Crippen LogP contribution in [0.2, 0.25) is 5.15 Å². The van der Waals surface area contributed by atoms with E-state index in [1.807, 2.05) is 19.2 Å². The summed E-state index contributed by atoms with van der Waals surface area (Å²) in [7, 11) is 1.84. The van der Waals surface area contributed by atoms with Gasteiger partial charge >= 0.3 is 0 Å². The van der Waals surface area contributed by atoms with Crippen LogP contribution in [0.5, 0.6) is 5.75 Å². The van der Waals surface area contributed by atoms with Gasteiger partial charge in [-0.3, -0.25) is 0 Å². The van der Waals surface area contributed by atoms with Crippen molar-refractivity contribution in [3.63, 3.8) is 0 Å². The molecule has 1 aromatic heterocycles. The van der Waals surface area contributed by atoms with Crippen LogP contribution in [-0.2, 0) is 20.2 Å². The molecule has 4 nitrogen and oxygen atoms in total. The summed E-state index contributed by atoms with van der Waals surface area (Å²) in [5.41, 5.74) is 6.63. The highest BCUT2D eigenvalue weighted by Crippen LogP contribution is 2.35. The van der Waals surface area contributed by atoms with Crippen molar-refractivity contribution in [1.29, 1.82) is 0 Å². The maximum absolute atomic E-state index is 5.93. The molecule has 19 heavy (non-hydrogen) atoms. The van der Waals surface area contributed by atoms with Gasteiger partial charge in [0.2, 0.25) is 0 Å². The molecule has 0 aliphatic carbocycles. The first-order valence-electron chi connectivity index (χ1n) is 5.49. The Labute approximate surface area is 133 Å². The van der Waals surface area contributed by atoms with Crippen LogP contribution in [0.25, 0.3) is 0 Å². The quantitative estimate of drug-likeness (QED) is 0.839. The molecule has 0 saturated carbocycles. The number of rotatable bonds is 4. The number of hydrogen-bond acceptors (Lipinski definition) is 3. The minimum Gasteiger partial charge on any atom is -0.483 e. The number of benzene rings is 1. The molecule has 1 aromatic carbocycles. The SMILES string of the molecule is Cn1c(Cl)cnc1COc1c(Br)cc(CN)cc1Br. The summed E-state index contributed by atoms with van der Waals surface area (Å²) in [4.78, 5) is 4.18. The van der Waals surface area contributed by atoms with Crippen LogP contribution in [0.3, 0.4) is 0 Å². The third kappa shape index (κ3) is 3.31. The molecule has 2 N–H and O–H groups in total. The van der Waals surface area contributed by atoms with Crippen molar-refractivity contribution in [3.05, 3.63) is 43.8 Å². The number of aromatic nitrogens is 2. The predicted octanol–water partition coefficient (Wildman–Crippen LogP) is 3.64. The highest BCUT2D eigenvalue weighted by atomic mass is 79.9. The lowest BCUT2D eigenvalue weighted by Gasteiger charge is -2.11. The van der Waals surface area contributed by atoms with Crippen LogP contribution in [-0.4, -0.2) is 9.55 Å². The van der Waals surface area contributed by atoms with E-state index in [0.29, 0.717) is 18.3 Å². The molecular formula is C12H12Br2ClN3O. The Morgan fingerprint density at radius 1 is 1.37 bits per heavy atom. The Morgan fingerprint density at radius 2 is 2.00 bits per heavy atom. The van der Waals surface area contributed by atoms with Gasteiger partial charge in [-0.25, -0.2) is 4.98 Å². The van der Waals surface area contributed by atoms with Gasteiger partial charge in [0.25, 0.3) is 0 Å². The number of nitrogens with two attached hydrogens (primary N) is 1. The zero-order valence-corrected chi connectivity index (χ0v) is 14.1. The zero-order chi connectivity index (χ0) is 14.0. The lowest BCUT2D eigenvalue weighted by atomic mass is 10.2. The molecule has 0 bridgehead atoms. The summed E-state index contributed by atoms with van der Waals surface area (Å²) in [6.07, 6.45) is 1.60. The molecule has 0 aliphatic heterocycles. The van der Waals surface area contributed by atoms with Crippen LogP contribution < -0.4 is 10.5 Å². The van der Waals surface area contributed by atoms with Gasteiger partial charge < -0.3 is 15.0 Å². The maximum Gasteiger partial charge on any atom is 0.148 e. The van der Waals surface area contributed by atoms with Crippen LogP contribution in [0.15, 0.2) is 27.3 Å². The fourth-order valence-corrected chi connectivity index (χ4v) is 3.22. The van der Waals surface area contributed by atoms with Crippen molar-refractivity contribution in [2.45, 2.75) is 13.2 Å². The van der Waals surface area contributed by atoms with Gasteiger partial charge in [-0.15, -0.1) is 0 Å². The third-order valence-electron chi connectivity index (χ3n) is 2.67. The average molecular weight is 410 g/mol. The molecule has 0 saturated heterocycles. The molecule has 1 heterocycles. The van der Waals surface area contributed by atoms with Gasteiger partial charge in [0.15, 0.2) is 0 Å². The highest BCUT2D eigenvalue weighted by Gasteiger charge is 2.11. The van der Waals surface area contributed by atoms with E-state index in [4.69, 9.17) is 22.1 Å². The second-order valence-electron chi connectivity index (χ2n) is 3.94. The Morgan fingerprint density at radius 3 is 2.47 bits per heavy atom. The summed E-state index contributed by atoms with van der Waals surface area (Å²) in [5, 5.41) is 0.579. The Kier molecular flexibility index (Phi) is 4.89. The van der Waals surface area contributed by atoms with Crippen molar-refractivity contribution in [2.24, 2.45) is 12.8 Å². The van der Waals surface area contributed by atoms with Crippen LogP contribution in [0, 0.1) is 0 Å². The van der Waals surface area contributed by atoms with Crippen molar-refractivity contribution in [1.82, 2.24) is 9.55 Å². The summed E-state index contributed by atoms with van der Waals surface area (Å²) < 4.78 is 9.25. The van der Waals surface area contributed by atoms with Gasteiger partial charge in [-0.2, -0.15) is 0 Å². The van der Waals surface area contributed by atoms with Gasteiger partial charge in [0.1, 0.15) is 23.3 Å². The number of imidazole rings is 1. The standard InChI is InChI=1S/C12H12Br2ClN3O/c1-18-10(15)5-17-11(18)6-19-12-8(13)2-7(4-16)3-9(12)14/h2-3,5H,4,6,16H2,1H3. The summed E-state index contributed by atoms with van der Waals surface area (Å²) in [6.45, 7) is 0.814. The van der Waals surface area contributed by atoms with Gasteiger partial charge in [0.05, 0.1) is 15.1 Å². The Bertz CT molecular complexity index is 578. The normalized spacial score (nSPS) is 10.8. The second-order valence-corrected chi connectivity index (χ2v) is 6.03. The van der Waals surface area contributed by atoms with Crippen molar-refractivity contribution < 1.29 is 4.74 Å². The lowest BCUT2D eigenvalue weighted by Crippen LogP contribution is -2.05. The van der Waals surface area contributed by atoms with E-state index >= 15 is 0 Å². The molecule has 2 aromatic rings. The van der Waals surface area contributed by atoms with Crippen LogP contribution >= 0.6 is 43.5 Å². The van der Waals surface area contributed by atoms with E-state index in [-0.39, 0.29) is 0 Å². The topological polar surface area (TPSA) is 53.1 Å². The van der Waals surface area contributed by atoms with Crippen molar-refractivity contribution >= 4 is 43.5 Å². The van der Waals surface area contributed by atoms with Crippen molar-refractivity contribution in [3.8, 4) is 5.75 Å². The molecule has 7 heteroatoms. The largest absolute Gasteiger partial charge is 0.483 e. The van der Waals surface area contributed by atoms with E-state index in [9.17, 15) is 0 Å². The first-order chi connectivity index (χ1) is 9.02. The fourth-order valence-electron chi connectivity index (χ4n) is 1.56. The fraction of sp³-hybridized carbons (Fsp3) is 0.250. The molecule has 0 amide bonds. The van der Waals surface area contributed by atoms with E-state index in [0.717, 1.165) is 26.1 Å². The van der Waals surface area contributed by atoms with Gasteiger partial charge in [0, 0.05) is 13.6 Å². The smallest absolute Gasteiger partial charge is 0.148 e. The first-order valence-corrected chi connectivity index (χ1v) is 7.46. The number of nitrogens with zero attached hydrogens (tertiary/aromatic N) is 2. The first kappa shape index (κ1) is 14.8. The number of halogens is 3. The molecule has 0 radical (unpaired) electrons. The van der Waals surface area contributed by atoms with E-state index in [2.05, 4.69) is 36.8 Å². The third-order valence-corrected chi connectivity index (χ3v) is 4.20. The monoisotopic (exact) mass is 407 g/mol. The van der Waals surface area contributed by atoms with Crippen LogP contribution in [0.4, 0.5) is 0 Å². The second kappa shape index (κ2) is 6.26. The molecule has 0 spiro atoms. The number of hydrogen-bond donors (Lipinski definition) is 1. The van der Waals surface area contributed by atoms with Crippen LogP contribution in [0.1, 0.15) is 11.4 Å². The minimum atomic E-state index is 0.336. The summed E-state index contributed by atoms with van der Waals surface area (Å²) in [6, 6.07) is 3.87. The van der Waals surface area contributed by atoms with E-state index in [1.165, 1.54) is 0 Å². The number of ether oxygens (including phenoxy) is 1. The van der Waals surface area contributed by atoms with Crippen molar-refractivity contribution in [2.75, 3.05) is 0 Å². The van der Waals surface area contributed by atoms with Gasteiger partial charge in [-0.1, -0.05) is 11.6 Å². The molecule has 2 rings (SSSR count). The zero-order valence-electron chi connectivity index (χ0n) is 10.2. The lowest BCUT2D eigenvalue weighted by molar-refractivity contribution is 0.288. The van der Waals surface area contributed by atoms with E-state index < -0.39 is 0 Å². The minimum absolute atomic E-state index is 0.336. The highest BCUT2D eigenvalue weighted by molar-refractivity contribution is 9.11. The molecule has 0 aliphatic rings. The van der Waals surface area contributed by atoms with E-state index in [1.54, 1.807) is 10.8 Å². The summed E-state index contributed by atoms with van der Waals surface area (Å²) in [5.74, 6) is 1.48. The Hall–Kier alpha value is -0.560. The maximum atomic E-state index is 5.93. The summed E-state index contributed by atoms with van der Waals surface area (Å²) >= 11 is 12.9. The van der Waals surface area contributed by atoms with Gasteiger partial charge in [-0.05, 0) is 49.6 Å². The average Bonchev–Trinajstić information content (AvgIpc) is 2.69.